The van der Waals surface area contributed by atoms with Crippen molar-refractivity contribution in [3.05, 3.63) is 30.3 Å². The number of hydrogen-bond donors (Lipinski definition) is 0. The van der Waals surface area contributed by atoms with Crippen LogP contribution in [0.3, 0.4) is 0 Å². The van der Waals surface area contributed by atoms with Crippen LogP contribution >= 0.6 is 22.2 Å². The smallest absolute Gasteiger partial charge is 0.350 e. The van der Waals surface area contributed by atoms with E-state index in [2.05, 4.69) is 0 Å². The third kappa shape index (κ3) is 5.56. The van der Waals surface area contributed by atoms with E-state index in [0.717, 1.165) is 5.19 Å². The lowest BCUT2D eigenvalue weighted by atomic mass is 10.4. The molecule has 1 aromatic rings. The summed E-state index contributed by atoms with van der Waals surface area (Å²) in [6, 6.07) is 10.0. The van der Waals surface area contributed by atoms with Gasteiger partial charge in [-0.1, -0.05) is 30.3 Å². The second-order valence-electron chi connectivity index (χ2n) is 5.24. The maximum Gasteiger partial charge on any atom is 0.350 e. The van der Waals surface area contributed by atoms with E-state index < -0.39 is 23.8 Å². The first kappa shape index (κ1) is 16.4. The molecule has 0 aliphatic rings. The van der Waals surface area contributed by atoms with E-state index in [-0.39, 0.29) is 0 Å². The van der Waals surface area contributed by atoms with Crippen LogP contribution in [0.1, 0.15) is 0 Å². The molecule has 0 fully saturated rings. The first-order valence-corrected chi connectivity index (χ1v) is 16.0. The summed E-state index contributed by atoms with van der Waals surface area (Å²) >= 11 is 12.7. The van der Waals surface area contributed by atoms with Crippen molar-refractivity contribution in [2.24, 2.45) is 0 Å². The van der Waals surface area contributed by atoms with Crippen LogP contribution < -0.4 is 5.19 Å². The Labute approximate surface area is 122 Å². The summed E-state index contributed by atoms with van der Waals surface area (Å²) < 4.78 is 12.3. The highest BCUT2D eigenvalue weighted by molar-refractivity contribution is 7.21. The molecule has 0 saturated heterocycles. The lowest BCUT2D eigenvalue weighted by molar-refractivity contribution is 0.416. The summed E-state index contributed by atoms with van der Waals surface area (Å²) in [7, 11) is -6.94. The Balaban J connectivity index is 3.09. The van der Waals surface area contributed by atoms with Crippen molar-refractivity contribution >= 4 is 51.2 Å². The molecule has 0 radical (unpaired) electrons. The molecular formula is C11H20Cl2O2Si3. The van der Waals surface area contributed by atoms with Crippen molar-refractivity contribution < 1.29 is 8.23 Å². The minimum atomic E-state index is -2.54. The standard InChI is InChI=1S/C11H20Cl2O2Si3/c1-16(2,12)14-18(5,15-17(3,4)13)11-9-7-6-8-10-11/h6-10H,1-5H3. The van der Waals surface area contributed by atoms with E-state index >= 15 is 0 Å². The van der Waals surface area contributed by atoms with Gasteiger partial charge in [-0.25, -0.2) is 0 Å². The maximum atomic E-state index is 6.34. The van der Waals surface area contributed by atoms with Gasteiger partial charge < -0.3 is 8.23 Å². The van der Waals surface area contributed by atoms with E-state index in [0.29, 0.717) is 0 Å². The molecule has 0 aromatic heterocycles. The molecule has 1 rings (SSSR count). The Bertz CT molecular complexity index is 372. The fraction of sp³-hybridized carbons (Fsp3) is 0.455. The predicted molar refractivity (Wildman–Crippen MR) is 86.5 cm³/mol. The minimum Gasteiger partial charge on any atom is -0.421 e. The molecular weight excluding hydrogens is 319 g/mol. The van der Waals surface area contributed by atoms with Gasteiger partial charge in [-0.2, -0.15) is 0 Å². The molecule has 0 bridgehead atoms. The van der Waals surface area contributed by atoms with E-state index in [1.54, 1.807) is 0 Å². The van der Waals surface area contributed by atoms with Crippen LogP contribution in [0, 0.1) is 0 Å². The number of hydrogen-bond acceptors (Lipinski definition) is 2. The summed E-state index contributed by atoms with van der Waals surface area (Å²) in [6.07, 6.45) is 0. The summed E-state index contributed by atoms with van der Waals surface area (Å²) in [4.78, 5) is 0. The molecule has 102 valence electrons. The molecule has 0 heterocycles. The van der Waals surface area contributed by atoms with Crippen LogP contribution in [-0.4, -0.2) is 23.8 Å². The number of rotatable bonds is 5. The third-order valence-corrected chi connectivity index (χ3v) is 11.9. The van der Waals surface area contributed by atoms with Gasteiger partial charge in [0.15, 0.2) is 0 Å². The minimum absolute atomic E-state index is 1.08. The monoisotopic (exact) mass is 338 g/mol. The average Bonchev–Trinajstić information content (AvgIpc) is 2.13. The molecule has 0 unspecified atom stereocenters. The predicted octanol–water partition coefficient (Wildman–Crippen LogP) is 3.88. The molecule has 0 aliphatic heterocycles. The zero-order valence-electron chi connectivity index (χ0n) is 11.5. The third-order valence-electron chi connectivity index (χ3n) is 2.17. The van der Waals surface area contributed by atoms with Gasteiger partial charge in [-0.15, -0.1) is 22.2 Å². The Morgan fingerprint density at radius 2 is 1.17 bits per heavy atom. The molecule has 0 spiro atoms. The molecule has 18 heavy (non-hydrogen) atoms. The highest BCUT2D eigenvalue weighted by atomic mass is 35.6. The van der Waals surface area contributed by atoms with E-state index in [4.69, 9.17) is 30.4 Å². The van der Waals surface area contributed by atoms with Gasteiger partial charge in [0, 0.05) is 0 Å². The van der Waals surface area contributed by atoms with Crippen molar-refractivity contribution in [3.8, 4) is 0 Å². The van der Waals surface area contributed by atoms with Crippen molar-refractivity contribution in [2.45, 2.75) is 32.7 Å². The van der Waals surface area contributed by atoms with Crippen LogP contribution in [0.2, 0.25) is 32.7 Å². The van der Waals surface area contributed by atoms with Gasteiger partial charge in [0.1, 0.15) is 0 Å². The molecule has 2 nitrogen and oxygen atoms in total. The fourth-order valence-corrected chi connectivity index (χ4v) is 14.1. The van der Waals surface area contributed by atoms with Gasteiger partial charge in [-0.05, 0) is 37.9 Å². The lowest BCUT2D eigenvalue weighted by Crippen LogP contribution is -2.59. The molecule has 0 amide bonds. The second kappa shape index (κ2) is 5.78. The van der Waals surface area contributed by atoms with E-state index in [9.17, 15) is 0 Å². The highest BCUT2D eigenvalue weighted by Gasteiger charge is 2.44. The Kier molecular flexibility index (Phi) is 5.28. The second-order valence-corrected chi connectivity index (χ2v) is 20.3. The topological polar surface area (TPSA) is 18.5 Å². The maximum absolute atomic E-state index is 6.34. The van der Waals surface area contributed by atoms with Crippen LogP contribution in [0.5, 0.6) is 0 Å². The summed E-state index contributed by atoms with van der Waals surface area (Å²) in [5.74, 6) is 0. The Morgan fingerprint density at radius 1 is 0.778 bits per heavy atom. The molecule has 0 aliphatic carbocycles. The summed E-state index contributed by atoms with van der Waals surface area (Å²) in [5.41, 5.74) is 0. The van der Waals surface area contributed by atoms with Crippen molar-refractivity contribution in [3.63, 3.8) is 0 Å². The van der Waals surface area contributed by atoms with Crippen LogP contribution in [0.15, 0.2) is 30.3 Å². The van der Waals surface area contributed by atoms with E-state index in [1.807, 2.05) is 63.1 Å². The van der Waals surface area contributed by atoms with Gasteiger partial charge in [-0.3, -0.25) is 0 Å². The summed E-state index contributed by atoms with van der Waals surface area (Å²) in [5, 5.41) is 1.08. The molecule has 0 atom stereocenters. The largest absolute Gasteiger partial charge is 0.421 e. The van der Waals surface area contributed by atoms with Crippen LogP contribution in [-0.2, 0) is 8.23 Å². The molecule has 1 aromatic carbocycles. The Hall–Kier alpha value is 0.371. The normalized spacial score (nSPS) is 13.7. The van der Waals surface area contributed by atoms with Gasteiger partial charge in [0.2, 0.25) is 0 Å². The molecule has 7 heteroatoms. The summed E-state index contributed by atoms with van der Waals surface area (Å²) in [6.45, 7) is 9.84. The lowest BCUT2D eigenvalue weighted by Gasteiger charge is -2.36. The zero-order chi connectivity index (χ0) is 14.0. The van der Waals surface area contributed by atoms with Crippen molar-refractivity contribution in [2.75, 3.05) is 0 Å². The van der Waals surface area contributed by atoms with Crippen molar-refractivity contribution in [1.82, 2.24) is 0 Å². The van der Waals surface area contributed by atoms with Crippen LogP contribution in [0.4, 0.5) is 0 Å². The first-order chi connectivity index (χ1) is 8.02. The average molecular weight is 339 g/mol. The SMILES string of the molecule is C[Si](C)(Cl)O[Si](C)(O[Si](C)(C)Cl)c1ccccc1. The zero-order valence-corrected chi connectivity index (χ0v) is 16.0. The fourth-order valence-electron chi connectivity index (χ4n) is 1.81. The van der Waals surface area contributed by atoms with Gasteiger partial charge >= 0.3 is 8.56 Å². The quantitative estimate of drug-likeness (QED) is 0.599. The van der Waals surface area contributed by atoms with Gasteiger partial charge in [0.05, 0.1) is 0 Å². The molecule has 0 saturated carbocycles. The van der Waals surface area contributed by atoms with Crippen molar-refractivity contribution in [1.29, 1.82) is 0 Å². The van der Waals surface area contributed by atoms with E-state index in [1.165, 1.54) is 0 Å². The Morgan fingerprint density at radius 3 is 1.50 bits per heavy atom. The van der Waals surface area contributed by atoms with Crippen LogP contribution in [0.25, 0.3) is 0 Å². The number of halogens is 2. The number of benzene rings is 1. The highest BCUT2D eigenvalue weighted by Crippen LogP contribution is 2.24. The molecule has 0 N–H and O–H groups in total. The van der Waals surface area contributed by atoms with Gasteiger partial charge in [0.25, 0.3) is 15.3 Å². The first-order valence-electron chi connectivity index (χ1n) is 5.86.